The van der Waals surface area contributed by atoms with Crippen LogP contribution in [0.15, 0.2) is 30.3 Å². The minimum atomic E-state index is 0.674. The maximum absolute atomic E-state index is 8.42. The fourth-order valence-corrected chi connectivity index (χ4v) is 1.37. The topological polar surface area (TPSA) is 39.4 Å². The summed E-state index contributed by atoms with van der Waals surface area (Å²) < 4.78 is 0. The minimum Gasteiger partial charge on any atom is -0.343 e. The molecule has 0 aromatic carbocycles. The van der Waals surface area contributed by atoms with Crippen LogP contribution in [0.4, 0.5) is 0 Å². The van der Waals surface area contributed by atoms with Crippen molar-refractivity contribution in [2.75, 3.05) is 19.3 Å². The SMILES string of the molecule is C=CCN(CC=C)C(=NC#N)SC. The van der Waals surface area contributed by atoms with Gasteiger partial charge in [0.15, 0.2) is 5.17 Å². The summed E-state index contributed by atoms with van der Waals surface area (Å²) in [6, 6.07) is 0. The summed E-state index contributed by atoms with van der Waals surface area (Å²) >= 11 is 1.44. The van der Waals surface area contributed by atoms with E-state index in [-0.39, 0.29) is 0 Å². The molecule has 13 heavy (non-hydrogen) atoms. The van der Waals surface area contributed by atoms with Crippen molar-refractivity contribution < 1.29 is 0 Å². The van der Waals surface area contributed by atoms with Crippen LogP contribution < -0.4 is 0 Å². The van der Waals surface area contributed by atoms with E-state index in [0.29, 0.717) is 18.3 Å². The number of hydrogen-bond donors (Lipinski definition) is 0. The number of nitrogens with zero attached hydrogens (tertiary/aromatic N) is 3. The van der Waals surface area contributed by atoms with Crippen molar-refractivity contribution in [1.29, 1.82) is 5.26 Å². The van der Waals surface area contributed by atoms with Crippen molar-refractivity contribution in [3.05, 3.63) is 25.3 Å². The summed E-state index contributed by atoms with van der Waals surface area (Å²) in [6.45, 7) is 8.62. The Morgan fingerprint density at radius 1 is 1.54 bits per heavy atom. The van der Waals surface area contributed by atoms with Crippen molar-refractivity contribution in [2.24, 2.45) is 4.99 Å². The van der Waals surface area contributed by atoms with Gasteiger partial charge in [0.2, 0.25) is 6.19 Å². The molecule has 0 aromatic rings. The average Bonchev–Trinajstić information content (AvgIpc) is 2.14. The molecule has 0 aromatic heterocycles. The molecule has 0 saturated carbocycles. The number of thioether (sulfide) groups is 1. The maximum Gasteiger partial charge on any atom is 0.208 e. The Morgan fingerprint density at radius 3 is 2.38 bits per heavy atom. The van der Waals surface area contributed by atoms with Gasteiger partial charge in [0.1, 0.15) is 0 Å². The van der Waals surface area contributed by atoms with Crippen molar-refractivity contribution in [3.63, 3.8) is 0 Å². The number of hydrogen-bond acceptors (Lipinski definition) is 3. The van der Waals surface area contributed by atoms with Crippen LogP contribution in [0.25, 0.3) is 0 Å². The Morgan fingerprint density at radius 2 is 2.08 bits per heavy atom. The molecule has 0 heterocycles. The predicted octanol–water partition coefficient (Wildman–Crippen LogP) is 1.86. The van der Waals surface area contributed by atoms with Gasteiger partial charge in [0.25, 0.3) is 0 Å². The van der Waals surface area contributed by atoms with Crippen LogP contribution in [-0.2, 0) is 0 Å². The average molecular weight is 195 g/mol. The molecule has 0 unspecified atom stereocenters. The lowest BCUT2D eigenvalue weighted by Gasteiger charge is -2.20. The molecule has 0 atom stereocenters. The molecule has 4 heteroatoms. The Hall–Kier alpha value is -1.21. The van der Waals surface area contributed by atoms with Crippen LogP contribution in [0, 0.1) is 11.5 Å². The zero-order valence-corrected chi connectivity index (χ0v) is 8.55. The molecule has 0 bridgehead atoms. The molecule has 0 aliphatic heterocycles. The summed E-state index contributed by atoms with van der Waals surface area (Å²) in [6.07, 6.45) is 7.20. The standard InChI is InChI=1S/C9H13N3S/c1-4-6-12(7-5-2)9(13-3)11-8-10/h4-5H,1-2,6-7H2,3H3. The number of amidine groups is 1. The van der Waals surface area contributed by atoms with Crippen molar-refractivity contribution in [2.45, 2.75) is 0 Å². The summed E-state index contributed by atoms with van der Waals surface area (Å²) in [5, 5.41) is 9.12. The molecule has 0 N–H and O–H groups in total. The summed E-state index contributed by atoms with van der Waals surface area (Å²) in [4.78, 5) is 5.62. The third kappa shape index (κ3) is 4.38. The zero-order valence-electron chi connectivity index (χ0n) is 7.73. The number of rotatable bonds is 4. The fraction of sp³-hybridized carbons (Fsp3) is 0.333. The predicted molar refractivity (Wildman–Crippen MR) is 58.5 cm³/mol. The quantitative estimate of drug-likeness (QED) is 0.297. The van der Waals surface area contributed by atoms with E-state index in [2.05, 4.69) is 18.2 Å². The normalized spacial score (nSPS) is 10.3. The third-order valence-corrected chi connectivity index (χ3v) is 2.01. The van der Waals surface area contributed by atoms with E-state index >= 15 is 0 Å². The molecule has 0 radical (unpaired) electrons. The van der Waals surface area contributed by atoms with Gasteiger partial charge >= 0.3 is 0 Å². The molecule has 0 amide bonds. The largest absolute Gasteiger partial charge is 0.343 e. The van der Waals surface area contributed by atoms with Crippen molar-refractivity contribution >= 4 is 16.9 Å². The van der Waals surface area contributed by atoms with Gasteiger partial charge in [-0.1, -0.05) is 23.9 Å². The second-order valence-electron chi connectivity index (χ2n) is 2.18. The van der Waals surface area contributed by atoms with Crippen molar-refractivity contribution in [1.82, 2.24) is 4.90 Å². The van der Waals surface area contributed by atoms with E-state index in [1.165, 1.54) is 11.8 Å². The first-order valence-electron chi connectivity index (χ1n) is 3.77. The van der Waals surface area contributed by atoms with E-state index in [1.54, 1.807) is 18.3 Å². The lowest BCUT2D eigenvalue weighted by Crippen LogP contribution is -2.28. The van der Waals surface area contributed by atoms with Crippen molar-refractivity contribution in [3.8, 4) is 6.19 Å². The van der Waals surface area contributed by atoms with E-state index in [9.17, 15) is 0 Å². The van der Waals surface area contributed by atoms with Gasteiger partial charge in [-0.05, 0) is 6.26 Å². The Labute approximate surface area is 83.5 Å². The van der Waals surface area contributed by atoms with Gasteiger partial charge < -0.3 is 4.90 Å². The Bertz CT molecular complexity index is 230. The van der Waals surface area contributed by atoms with E-state index in [4.69, 9.17) is 5.26 Å². The highest BCUT2D eigenvalue weighted by Crippen LogP contribution is 2.05. The first-order chi connectivity index (χ1) is 6.29. The fourth-order valence-electron chi connectivity index (χ4n) is 0.831. The van der Waals surface area contributed by atoms with Crippen LogP contribution in [-0.4, -0.2) is 29.4 Å². The van der Waals surface area contributed by atoms with Gasteiger partial charge in [-0.15, -0.1) is 18.2 Å². The van der Waals surface area contributed by atoms with Crippen LogP contribution in [0.3, 0.4) is 0 Å². The molecule has 0 aliphatic carbocycles. The molecule has 0 fully saturated rings. The molecule has 0 saturated heterocycles. The molecular formula is C9H13N3S. The number of aliphatic imine (C=N–C) groups is 1. The molecular weight excluding hydrogens is 182 g/mol. The first kappa shape index (κ1) is 11.8. The van der Waals surface area contributed by atoms with E-state index in [0.717, 1.165) is 0 Å². The van der Waals surface area contributed by atoms with Gasteiger partial charge in [-0.3, -0.25) is 0 Å². The zero-order chi connectivity index (χ0) is 10.1. The van der Waals surface area contributed by atoms with E-state index in [1.807, 2.05) is 11.2 Å². The number of nitriles is 1. The lowest BCUT2D eigenvalue weighted by atomic mass is 10.5. The van der Waals surface area contributed by atoms with Gasteiger partial charge in [-0.2, -0.15) is 5.26 Å². The van der Waals surface area contributed by atoms with Crippen LogP contribution >= 0.6 is 11.8 Å². The minimum absolute atomic E-state index is 0.674. The summed E-state index contributed by atoms with van der Waals surface area (Å²) in [7, 11) is 0. The molecule has 3 nitrogen and oxygen atoms in total. The summed E-state index contributed by atoms with van der Waals surface area (Å²) in [5.41, 5.74) is 0. The molecule has 0 spiro atoms. The molecule has 70 valence electrons. The highest BCUT2D eigenvalue weighted by molar-refractivity contribution is 8.13. The Kier molecular flexibility index (Phi) is 6.75. The third-order valence-electron chi connectivity index (χ3n) is 1.30. The molecule has 0 aliphatic rings. The monoisotopic (exact) mass is 195 g/mol. The molecule has 0 rings (SSSR count). The van der Waals surface area contributed by atoms with E-state index < -0.39 is 0 Å². The van der Waals surface area contributed by atoms with Crippen LogP contribution in [0.2, 0.25) is 0 Å². The Balaban J connectivity index is 4.48. The maximum atomic E-state index is 8.42. The van der Waals surface area contributed by atoms with Gasteiger partial charge in [0, 0.05) is 13.1 Å². The second-order valence-corrected chi connectivity index (χ2v) is 2.95. The van der Waals surface area contributed by atoms with Crippen LogP contribution in [0.1, 0.15) is 0 Å². The smallest absolute Gasteiger partial charge is 0.208 e. The van der Waals surface area contributed by atoms with Crippen LogP contribution in [0.5, 0.6) is 0 Å². The van der Waals surface area contributed by atoms with Gasteiger partial charge in [0.05, 0.1) is 0 Å². The second kappa shape index (κ2) is 7.44. The van der Waals surface area contributed by atoms with Gasteiger partial charge in [-0.25, -0.2) is 0 Å². The summed E-state index contributed by atoms with van der Waals surface area (Å²) in [5.74, 6) is 0. The lowest BCUT2D eigenvalue weighted by molar-refractivity contribution is 0.524. The highest BCUT2D eigenvalue weighted by Gasteiger charge is 2.06. The highest BCUT2D eigenvalue weighted by atomic mass is 32.2. The first-order valence-corrected chi connectivity index (χ1v) is 5.00.